The molecule has 8 heteroatoms. The van der Waals surface area contributed by atoms with Gasteiger partial charge in [0.2, 0.25) is 5.82 Å². The third-order valence-electron chi connectivity index (χ3n) is 5.31. The smallest absolute Gasteiger partial charge is 0.293 e. The van der Waals surface area contributed by atoms with Crippen LogP contribution in [0, 0.1) is 10.1 Å². The summed E-state index contributed by atoms with van der Waals surface area (Å²) < 4.78 is 10.5. The van der Waals surface area contributed by atoms with Gasteiger partial charge in [0.25, 0.3) is 11.6 Å². The highest BCUT2D eigenvalue weighted by Gasteiger charge is 2.26. The van der Waals surface area contributed by atoms with E-state index in [-0.39, 0.29) is 22.5 Å². The summed E-state index contributed by atoms with van der Waals surface area (Å²) in [7, 11) is 1.60. The summed E-state index contributed by atoms with van der Waals surface area (Å²) >= 11 is 0. The highest BCUT2D eigenvalue weighted by Crippen LogP contribution is 2.36. The van der Waals surface area contributed by atoms with Crippen molar-refractivity contribution in [2.45, 2.75) is 32.2 Å². The number of hydrogen-bond donors (Lipinski definition) is 0. The zero-order valence-electron chi connectivity index (χ0n) is 16.4. The van der Waals surface area contributed by atoms with Crippen LogP contribution in [0.1, 0.15) is 26.2 Å². The first-order chi connectivity index (χ1) is 14.1. The Labute approximate surface area is 168 Å². The van der Waals surface area contributed by atoms with Crippen molar-refractivity contribution >= 4 is 11.4 Å². The van der Waals surface area contributed by atoms with E-state index < -0.39 is 0 Å². The summed E-state index contributed by atoms with van der Waals surface area (Å²) in [6.07, 6.45) is 3.23. The molecule has 0 amide bonds. The average molecular weight is 394 g/mol. The minimum absolute atomic E-state index is 0.0560. The predicted octanol–water partition coefficient (Wildman–Crippen LogP) is 4.70. The van der Waals surface area contributed by atoms with Crippen molar-refractivity contribution in [2.75, 3.05) is 18.6 Å². The van der Waals surface area contributed by atoms with Crippen LogP contribution in [0.25, 0.3) is 22.8 Å². The SMILES string of the molecule is COc1ccc(-c2noc(-c3ccc(N4CCCC[C@@H]4C)c([N+](=O)[O-])c3)n2)cc1. The number of anilines is 1. The van der Waals surface area contributed by atoms with E-state index in [2.05, 4.69) is 22.0 Å². The molecule has 1 aliphatic heterocycles. The van der Waals surface area contributed by atoms with Crippen LogP contribution in [-0.4, -0.2) is 34.8 Å². The van der Waals surface area contributed by atoms with Gasteiger partial charge in [-0.15, -0.1) is 0 Å². The van der Waals surface area contributed by atoms with Crippen LogP contribution in [0.5, 0.6) is 5.75 Å². The molecular weight excluding hydrogens is 372 g/mol. The Morgan fingerprint density at radius 2 is 1.93 bits per heavy atom. The fourth-order valence-corrected chi connectivity index (χ4v) is 3.70. The molecule has 0 radical (unpaired) electrons. The van der Waals surface area contributed by atoms with Crippen molar-refractivity contribution in [3.63, 3.8) is 0 Å². The van der Waals surface area contributed by atoms with Crippen molar-refractivity contribution in [1.82, 2.24) is 10.1 Å². The lowest BCUT2D eigenvalue weighted by molar-refractivity contribution is -0.384. The molecule has 0 saturated carbocycles. The van der Waals surface area contributed by atoms with E-state index in [0.29, 0.717) is 17.1 Å². The molecule has 0 aliphatic carbocycles. The number of nitro benzene ring substituents is 1. The van der Waals surface area contributed by atoms with Gasteiger partial charge in [-0.05, 0) is 62.6 Å². The number of ether oxygens (including phenoxy) is 1. The van der Waals surface area contributed by atoms with E-state index in [4.69, 9.17) is 9.26 Å². The summed E-state index contributed by atoms with van der Waals surface area (Å²) in [5, 5.41) is 15.8. The first-order valence-electron chi connectivity index (χ1n) is 9.60. The summed E-state index contributed by atoms with van der Waals surface area (Å²) in [4.78, 5) is 17.9. The van der Waals surface area contributed by atoms with Gasteiger partial charge in [0.05, 0.1) is 12.0 Å². The number of benzene rings is 2. The number of piperidine rings is 1. The van der Waals surface area contributed by atoms with Crippen molar-refractivity contribution in [2.24, 2.45) is 0 Å². The second kappa shape index (κ2) is 7.90. The van der Waals surface area contributed by atoms with Crippen LogP contribution < -0.4 is 9.64 Å². The number of hydrogen-bond acceptors (Lipinski definition) is 7. The molecule has 2 aromatic carbocycles. The second-order valence-corrected chi connectivity index (χ2v) is 7.15. The molecule has 0 N–H and O–H groups in total. The van der Waals surface area contributed by atoms with E-state index >= 15 is 0 Å². The Bertz CT molecular complexity index is 1020. The zero-order chi connectivity index (χ0) is 20.4. The average Bonchev–Trinajstić information content (AvgIpc) is 3.24. The first kappa shape index (κ1) is 18.9. The van der Waals surface area contributed by atoms with Gasteiger partial charge in [0, 0.05) is 29.8 Å². The lowest BCUT2D eigenvalue weighted by atomic mass is 10.0. The Hall–Kier alpha value is -3.42. The Morgan fingerprint density at radius 3 is 2.62 bits per heavy atom. The largest absolute Gasteiger partial charge is 0.497 e. The lowest BCUT2D eigenvalue weighted by Crippen LogP contribution is -2.37. The number of rotatable bonds is 5. The summed E-state index contributed by atoms with van der Waals surface area (Å²) in [6, 6.07) is 12.7. The van der Waals surface area contributed by atoms with Crippen LogP contribution in [0.4, 0.5) is 11.4 Å². The predicted molar refractivity (Wildman–Crippen MR) is 109 cm³/mol. The monoisotopic (exact) mass is 394 g/mol. The fraction of sp³-hybridized carbons (Fsp3) is 0.333. The van der Waals surface area contributed by atoms with E-state index in [9.17, 15) is 10.1 Å². The molecule has 1 aliphatic rings. The second-order valence-electron chi connectivity index (χ2n) is 7.15. The van der Waals surface area contributed by atoms with Crippen molar-refractivity contribution in [1.29, 1.82) is 0 Å². The van der Waals surface area contributed by atoms with Gasteiger partial charge < -0.3 is 14.2 Å². The standard InChI is InChI=1S/C21H22N4O4/c1-14-5-3-4-12-24(14)18-11-8-16(13-19(18)25(26)27)21-22-20(23-29-21)15-6-9-17(28-2)10-7-15/h6-11,13-14H,3-5,12H2,1-2H3/t14-/m0/s1. The highest BCUT2D eigenvalue weighted by atomic mass is 16.6. The molecule has 0 bridgehead atoms. The van der Waals surface area contributed by atoms with Crippen LogP contribution >= 0.6 is 0 Å². The molecule has 1 saturated heterocycles. The molecule has 1 fully saturated rings. The van der Waals surface area contributed by atoms with E-state index in [1.807, 2.05) is 24.3 Å². The highest BCUT2D eigenvalue weighted by molar-refractivity contribution is 5.72. The Kier molecular flexibility index (Phi) is 5.16. The van der Waals surface area contributed by atoms with Crippen LogP contribution in [0.2, 0.25) is 0 Å². The normalized spacial score (nSPS) is 16.6. The summed E-state index contributed by atoms with van der Waals surface area (Å²) in [5.41, 5.74) is 1.99. The van der Waals surface area contributed by atoms with Crippen LogP contribution in [0.15, 0.2) is 47.0 Å². The summed E-state index contributed by atoms with van der Waals surface area (Å²) in [6.45, 7) is 2.93. The van der Waals surface area contributed by atoms with E-state index in [1.165, 1.54) is 6.07 Å². The van der Waals surface area contributed by atoms with Crippen LogP contribution in [-0.2, 0) is 0 Å². The molecule has 3 aromatic rings. The molecule has 4 rings (SSSR count). The number of nitro groups is 1. The zero-order valence-corrected chi connectivity index (χ0v) is 16.4. The third kappa shape index (κ3) is 3.78. The van der Waals surface area contributed by atoms with Crippen LogP contribution in [0.3, 0.4) is 0 Å². The molecule has 150 valence electrons. The van der Waals surface area contributed by atoms with Crippen molar-refractivity contribution in [3.8, 4) is 28.6 Å². The van der Waals surface area contributed by atoms with Gasteiger partial charge >= 0.3 is 0 Å². The van der Waals surface area contributed by atoms with Crippen molar-refractivity contribution in [3.05, 3.63) is 52.6 Å². The van der Waals surface area contributed by atoms with E-state index in [1.54, 1.807) is 19.2 Å². The topological polar surface area (TPSA) is 94.5 Å². The van der Waals surface area contributed by atoms with Gasteiger partial charge in [-0.2, -0.15) is 4.98 Å². The molecular formula is C21H22N4O4. The molecule has 1 aromatic heterocycles. The Balaban J connectivity index is 1.66. The molecule has 0 unspecified atom stereocenters. The van der Waals surface area contributed by atoms with Gasteiger partial charge in [-0.25, -0.2) is 0 Å². The summed E-state index contributed by atoms with van der Waals surface area (Å²) in [5.74, 6) is 1.40. The molecule has 29 heavy (non-hydrogen) atoms. The fourth-order valence-electron chi connectivity index (χ4n) is 3.70. The number of nitrogens with zero attached hydrogens (tertiary/aromatic N) is 4. The minimum atomic E-state index is -0.346. The minimum Gasteiger partial charge on any atom is -0.497 e. The lowest BCUT2D eigenvalue weighted by Gasteiger charge is -2.35. The molecule has 0 spiro atoms. The first-order valence-corrected chi connectivity index (χ1v) is 9.60. The maximum Gasteiger partial charge on any atom is 0.293 e. The van der Waals surface area contributed by atoms with Crippen molar-refractivity contribution < 1.29 is 14.2 Å². The van der Waals surface area contributed by atoms with E-state index in [0.717, 1.165) is 37.1 Å². The van der Waals surface area contributed by atoms with Gasteiger partial charge in [0.1, 0.15) is 11.4 Å². The quantitative estimate of drug-likeness (QED) is 0.457. The molecule has 1 atom stereocenters. The maximum absolute atomic E-state index is 11.7. The number of methoxy groups -OCH3 is 1. The maximum atomic E-state index is 11.7. The van der Waals surface area contributed by atoms with Gasteiger partial charge in [-0.1, -0.05) is 5.16 Å². The molecule has 8 nitrogen and oxygen atoms in total. The molecule has 2 heterocycles. The van der Waals surface area contributed by atoms with Gasteiger partial charge in [0.15, 0.2) is 0 Å². The third-order valence-corrected chi connectivity index (χ3v) is 5.31. The Morgan fingerprint density at radius 1 is 1.17 bits per heavy atom. The number of aromatic nitrogens is 2. The van der Waals surface area contributed by atoms with Gasteiger partial charge in [-0.3, -0.25) is 10.1 Å².